The van der Waals surface area contributed by atoms with Gasteiger partial charge in [0.25, 0.3) is 0 Å². The van der Waals surface area contributed by atoms with E-state index in [2.05, 4.69) is 15.5 Å². The van der Waals surface area contributed by atoms with E-state index in [9.17, 15) is 0 Å². The Balaban J connectivity index is 2.28. The molecule has 0 unspecified atom stereocenters. The molecule has 0 atom stereocenters. The molecule has 1 aromatic carbocycles. The molecule has 0 fully saturated rings. The van der Waals surface area contributed by atoms with Crippen LogP contribution in [0.15, 0.2) is 18.2 Å². The number of ether oxygens (including phenoxy) is 2. The summed E-state index contributed by atoms with van der Waals surface area (Å²) in [6.45, 7) is 0.502. The van der Waals surface area contributed by atoms with Crippen LogP contribution in [0.2, 0.25) is 0 Å². The number of aromatic nitrogens is 4. The van der Waals surface area contributed by atoms with Crippen molar-refractivity contribution in [3.05, 3.63) is 29.6 Å². The van der Waals surface area contributed by atoms with Gasteiger partial charge >= 0.3 is 0 Å². The highest BCUT2D eigenvalue weighted by Gasteiger charge is 2.10. The van der Waals surface area contributed by atoms with Crippen molar-refractivity contribution in [1.82, 2.24) is 20.2 Å². The number of methoxy groups -OCH3 is 2. The fourth-order valence-electron chi connectivity index (χ4n) is 1.59. The molecular weight excluding hydrogens is 256 g/mol. The predicted molar refractivity (Wildman–Crippen MR) is 66.0 cm³/mol. The number of halogens is 1. The SMILES string of the molecule is COc1ccc(Cn2nnnc2CCl)c(OC)c1. The number of benzene rings is 1. The van der Waals surface area contributed by atoms with E-state index in [4.69, 9.17) is 21.1 Å². The first-order valence-electron chi connectivity index (χ1n) is 5.30. The monoisotopic (exact) mass is 268 g/mol. The van der Waals surface area contributed by atoms with Crippen LogP contribution in [0.4, 0.5) is 0 Å². The lowest BCUT2D eigenvalue weighted by atomic mass is 10.2. The Hall–Kier alpha value is -1.82. The van der Waals surface area contributed by atoms with E-state index in [1.165, 1.54) is 0 Å². The number of nitrogens with zero attached hydrogens (tertiary/aromatic N) is 4. The average Bonchev–Trinajstić information content (AvgIpc) is 2.86. The second-order valence-corrected chi connectivity index (χ2v) is 3.83. The maximum Gasteiger partial charge on any atom is 0.166 e. The summed E-state index contributed by atoms with van der Waals surface area (Å²) in [6.07, 6.45) is 0. The standard InChI is InChI=1S/C11H13ClN4O2/c1-17-9-4-3-8(10(5-9)18-2)7-16-11(6-12)13-14-15-16/h3-5H,6-7H2,1-2H3. The van der Waals surface area contributed by atoms with Crippen molar-refractivity contribution in [2.45, 2.75) is 12.4 Å². The zero-order valence-corrected chi connectivity index (χ0v) is 10.9. The Kier molecular flexibility index (Phi) is 3.99. The number of hydrogen-bond donors (Lipinski definition) is 0. The lowest BCUT2D eigenvalue weighted by Gasteiger charge is -2.10. The lowest BCUT2D eigenvalue weighted by molar-refractivity contribution is 0.389. The third-order valence-electron chi connectivity index (χ3n) is 2.54. The minimum atomic E-state index is 0.269. The molecule has 0 aliphatic heterocycles. The fourth-order valence-corrected chi connectivity index (χ4v) is 1.78. The van der Waals surface area contributed by atoms with Crippen LogP contribution < -0.4 is 9.47 Å². The Bertz CT molecular complexity index is 530. The average molecular weight is 269 g/mol. The van der Waals surface area contributed by atoms with Crippen LogP contribution in [0.25, 0.3) is 0 Å². The molecule has 1 heterocycles. The fraction of sp³-hybridized carbons (Fsp3) is 0.364. The second kappa shape index (κ2) is 5.68. The summed E-state index contributed by atoms with van der Waals surface area (Å²) in [5.74, 6) is 2.36. The van der Waals surface area contributed by atoms with E-state index in [1.54, 1.807) is 18.9 Å². The third kappa shape index (κ3) is 2.53. The first-order chi connectivity index (χ1) is 8.78. The van der Waals surface area contributed by atoms with Gasteiger partial charge in [0.1, 0.15) is 11.5 Å². The molecule has 2 aromatic rings. The molecule has 2 rings (SSSR count). The van der Waals surface area contributed by atoms with E-state index in [0.717, 1.165) is 17.1 Å². The van der Waals surface area contributed by atoms with Crippen LogP contribution in [0.5, 0.6) is 11.5 Å². The first-order valence-corrected chi connectivity index (χ1v) is 5.84. The molecule has 0 radical (unpaired) electrons. The maximum absolute atomic E-state index is 5.75. The summed E-state index contributed by atoms with van der Waals surface area (Å²) < 4.78 is 12.1. The van der Waals surface area contributed by atoms with Crippen molar-refractivity contribution in [2.24, 2.45) is 0 Å². The quantitative estimate of drug-likeness (QED) is 0.769. The van der Waals surface area contributed by atoms with Crippen molar-refractivity contribution < 1.29 is 9.47 Å². The zero-order valence-electron chi connectivity index (χ0n) is 10.1. The molecule has 18 heavy (non-hydrogen) atoms. The van der Waals surface area contributed by atoms with Crippen LogP contribution in [-0.4, -0.2) is 34.4 Å². The molecule has 0 amide bonds. The van der Waals surface area contributed by atoms with Gasteiger partial charge in [-0.15, -0.1) is 16.7 Å². The van der Waals surface area contributed by atoms with Crippen LogP contribution >= 0.6 is 11.6 Å². The van der Waals surface area contributed by atoms with Crippen molar-refractivity contribution >= 4 is 11.6 Å². The zero-order chi connectivity index (χ0) is 13.0. The van der Waals surface area contributed by atoms with Gasteiger partial charge in [-0.25, -0.2) is 4.68 Å². The van der Waals surface area contributed by atoms with E-state index in [1.807, 2.05) is 18.2 Å². The number of tetrazole rings is 1. The maximum atomic E-state index is 5.75. The smallest absolute Gasteiger partial charge is 0.166 e. The van der Waals surface area contributed by atoms with Crippen LogP contribution in [-0.2, 0) is 12.4 Å². The molecule has 7 heteroatoms. The van der Waals surface area contributed by atoms with Crippen LogP contribution in [0.1, 0.15) is 11.4 Å². The van der Waals surface area contributed by atoms with Crippen molar-refractivity contribution in [3.63, 3.8) is 0 Å². The molecule has 0 aliphatic carbocycles. The second-order valence-electron chi connectivity index (χ2n) is 3.56. The molecule has 0 spiro atoms. The van der Waals surface area contributed by atoms with Gasteiger partial charge in [-0.3, -0.25) is 0 Å². The molecule has 0 aliphatic rings. The lowest BCUT2D eigenvalue weighted by Crippen LogP contribution is -2.07. The highest BCUT2D eigenvalue weighted by molar-refractivity contribution is 6.16. The van der Waals surface area contributed by atoms with Gasteiger partial charge in [-0.1, -0.05) is 0 Å². The Morgan fingerprint density at radius 3 is 2.78 bits per heavy atom. The van der Waals surface area contributed by atoms with E-state index in [0.29, 0.717) is 12.4 Å². The van der Waals surface area contributed by atoms with E-state index >= 15 is 0 Å². The summed E-state index contributed by atoms with van der Waals surface area (Å²) >= 11 is 5.75. The normalized spacial score (nSPS) is 10.4. The summed E-state index contributed by atoms with van der Waals surface area (Å²) in [5.41, 5.74) is 0.956. The van der Waals surface area contributed by atoms with Crippen molar-refractivity contribution in [1.29, 1.82) is 0 Å². The first kappa shape index (κ1) is 12.6. The van der Waals surface area contributed by atoms with Crippen molar-refractivity contribution in [2.75, 3.05) is 14.2 Å². The van der Waals surface area contributed by atoms with Gasteiger partial charge in [0, 0.05) is 11.6 Å². The third-order valence-corrected chi connectivity index (χ3v) is 2.78. The topological polar surface area (TPSA) is 62.1 Å². The molecule has 6 nitrogen and oxygen atoms in total. The molecule has 0 saturated carbocycles. The summed E-state index contributed by atoms with van der Waals surface area (Å²) in [7, 11) is 3.22. The minimum Gasteiger partial charge on any atom is -0.497 e. The van der Waals surface area contributed by atoms with Crippen LogP contribution in [0, 0.1) is 0 Å². The Morgan fingerprint density at radius 2 is 2.11 bits per heavy atom. The molecule has 0 saturated heterocycles. The van der Waals surface area contributed by atoms with Gasteiger partial charge < -0.3 is 9.47 Å². The van der Waals surface area contributed by atoms with Gasteiger partial charge in [-0.05, 0) is 22.6 Å². The molecule has 1 aromatic heterocycles. The largest absolute Gasteiger partial charge is 0.497 e. The van der Waals surface area contributed by atoms with Gasteiger partial charge in [-0.2, -0.15) is 0 Å². The highest BCUT2D eigenvalue weighted by Crippen LogP contribution is 2.25. The highest BCUT2D eigenvalue weighted by atomic mass is 35.5. The minimum absolute atomic E-state index is 0.269. The van der Waals surface area contributed by atoms with E-state index < -0.39 is 0 Å². The van der Waals surface area contributed by atoms with Gasteiger partial charge in [0.05, 0.1) is 26.6 Å². The van der Waals surface area contributed by atoms with Gasteiger partial charge in [0.15, 0.2) is 5.82 Å². The molecular formula is C11H13ClN4O2. The molecule has 96 valence electrons. The van der Waals surface area contributed by atoms with E-state index in [-0.39, 0.29) is 5.88 Å². The Morgan fingerprint density at radius 1 is 1.28 bits per heavy atom. The summed E-state index contributed by atoms with van der Waals surface area (Å²) in [6, 6.07) is 5.60. The van der Waals surface area contributed by atoms with Gasteiger partial charge in [0.2, 0.25) is 0 Å². The molecule has 0 bridgehead atoms. The number of alkyl halides is 1. The predicted octanol–water partition coefficient (Wildman–Crippen LogP) is 1.48. The molecule has 0 N–H and O–H groups in total. The Labute approximate surface area is 109 Å². The van der Waals surface area contributed by atoms with Crippen molar-refractivity contribution in [3.8, 4) is 11.5 Å². The number of rotatable bonds is 5. The van der Waals surface area contributed by atoms with Crippen LogP contribution in [0.3, 0.4) is 0 Å². The summed E-state index contributed by atoms with van der Waals surface area (Å²) in [5, 5.41) is 11.3. The summed E-state index contributed by atoms with van der Waals surface area (Å²) in [4.78, 5) is 0. The number of hydrogen-bond acceptors (Lipinski definition) is 5.